The fraction of sp³-hybridized carbons (Fsp3) is 0.300. The van der Waals surface area contributed by atoms with E-state index < -0.39 is 33.8 Å². The molecule has 0 fully saturated rings. The zero-order valence-corrected chi connectivity index (χ0v) is 17.2. The number of ether oxygens (including phenoxy) is 1. The van der Waals surface area contributed by atoms with Crippen LogP contribution in [0.3, 0.4) is 0 Å². The molecular weight excluding hydrogens is 399 g/mol. The molecule has 0 heterocycles. The molecule has 0 spiro atoms. The van der Waals surface area contributed by atoms with E-state index in [0.29, 0.717) is 0 Å². The van der Waals surface area contributed by atoms with Gasteiger partial charge in [0.05, 0.1) is 29.8 Å². The van der Waals surface area contributed by atoms with Gasteiger partial charge >= 0.3 is 5.97 Å². The summed E-state index contributed by atoms with van der Waals surface area (Å²) in [6, 6.07) is 10.0. The molecule has 0 aliphatic carbocycles. The predicted molar refractivity (Wildman–Crippen MR) is 109 cm³/mol. The summed E-state index contributed by atoms with van der Waals surface area (Å²) in [7, 11) is -3.86. The summed E-state index contributed by atoms with van der Waals surface area (Å²) in [6.45, 7) is 3.49. The van der Waals surface area contributed by atoms with Crippen LogP contribution in [0.5, 0.6) is 0 Å². The summed E-state index contributed by atoms with van der Waals surface area (Å²) < 4.78 is 44.0. The average Bonchev–Trinajstić information content (AvgIpc) is 2.66. The molecule has 2 rings (SSSR count). The van der Waals surface area contributed by atoms with Gasteiger partial charge in [-0.15, -0.1) is 0 Å². The number of nitrogens with one attached hydrogen (secondary N) is 1. The van der Waals surface area contributed by atoms with Gasteiger partial charge in [-0.1, -0.05) is 19.1 Å². The summed E-state index contributed by atoms with van der Waals surface area (Å²) in [6.07, 6.45) is 1.12. The standard InChI is InChI=1S/C20H23FN2O5S/c1-4-18(23(29(3,26)27)15-12-10-14(21)11-13-15)19(24)22-17-9-7-6-8-16(17)20(25)28-5-2/h6-13,18H,4-5H2,1-3H3,(H,22,24). The number of amides is 1. The third-order valence-electron chi connectivity index (χ3n) is 4.09. The minimum Gasteiger partial charge on any atom is -0.462 e. The van der Waals surface area contributed by atoms with E-state index in [1.54, 1.807) is 26.0 Å². The first-order valence-electron chi connectivity index (χ1n) is 9.01. The van der Waals surface area contributed by atoms with Gasteiger partial charge in [-0.2, -0.15) is 0 Å². The molecule has 1 atom stereocenters. The zero-order chi connectivity index (χ0) is 21.6. The summed E-state index contributed by atoms with van der Waals surface area (Å²) >= 11 is 0. The van der Waals surface area contributed by atoms with Crippen molar-refractivity contribution in [1.82, 2.24) is 0 Å². The monoisotopic (exact) mass is 422 g/mol. The van der Waals surface area contributed by atoms with Crippen molar-refractivity contribution < 1.29 is 27.1 Å². The lowest BCUT2D eigenvalue weighted by molar-refractivity contribution is -0.117. The smallest absolute Gasteiger partial charge is 0.340 e. The number of para-hydroxylation sites is 1. The topological polar surface area (TPSA) is 92.8 Å². The van der Waals surface area contributed by atoms with E-state index in [1.807, 2.05) is 0 Å². The Balaban J connectivity index is 2.39. The first-order chi connectivity index (χ1) is 13.7. The first kappa shape index (κ1) is 22.4. The minimum absolute atomic E-state index is 0.151. The summed E-state index contributed by atoms with van der Waals surface area (Å²) in [5.74, 6) is -1.75. The second kappa shape index (κ2) is 9.51. The maximum Gasteiger partial charge on any atom is 0.340 e. The van der Waals surface area contributed by atoms with Gasteiger partial charge in [-0.05, 0) is 49.7 Å². The fourth-order valence-electron chi connectivity index (χ4n) is 2.84. The number of carbonyl (C=O) groups excluding carboxylic acids is 2. The molecule has 9 heteroatoms. The molecule has 1 N–H and O–H groups in total. The Bertz CT molecular complexity index is 977. The maximum atomic E-state index is 13.3. The molecule has 29 heavy (non-hydrogen) atoms. The van der Waals surface area contributed by atoms with Gasteiger partial charge < -0.3 is 10.1 Å². The Labute approximate surface area is 169 Å². The van der Waals surface area contributed by atoms with E-state index in [2.05, 4.69) is 5.32 Å². The number of carbonyl (C=O) groups is 2. The molecule has 0 radical (unpaired) electrons. The highest BCUT2D eigenvalue weighted by Gasteiger charge is 2.32. The van der Waals surface area contributed by atoms with Crippen molar-refractivity contribution in [3.05, 3.63) is 59.9 Å². The molecule has 0 aromatic heterocycles. The summed E-state index contributed by atoms with van der Waals surface area (Å²) in [4.78, 5) is 25.1. The number of hydrogen-bond donors (Lipinski definition) is 1. The quantitative estimate of drug-likeness (QED) is 0.660. The lowest BCUT2D eigenvalue weighted by Crippen LogP contribution is -2.47. The number of esters is 1. The van der Waals surface area contributed by atoms with Gasteiger partial charge in [0.1, 0.15) is 11.9 Å². The summed E-state index contributed by atoms with van der Waals surface area (Å²) in [5.41, 5.74) is 0.529. The number of rotatable bonds is 8. The predicted octanol–water partition coefficient (Wildman–Crippen LogP) is 3.19. The van der Waals surface area contributed by atoms with E-state index in [0.717, 1.165) is 22.7 Å². The number of benzene rings is 2. The lowest BCUT2D eigenvalue weighted by Gasteiger charge is -2.30. The van der Waals surface area contributed by atoms with Gasteiger partial charge in [-0.25, -0.2) is 17.6 Å². The molecule has 7 nitrogen and oxygen atoms in total. The van der Waals surface area contributed by atoms with Crippen LogP contribution in [0.4, 0.5) is 15.8 Å². The van der Waals surface area contributed by atoms with Crippen LogP contribution in [0.2, 0.25) is 0 Å². The van der Waals surface area contributed by atoms with Gasteiger partial charge in [-0.3, -0.25) is 9.10 Å². The second-order valence-corrected chi connectivity index (χ2v) is 8.07. The van der Waals surface area contributed by atoms with Crippen molar-refractivity contribution in [3.8, 4) is 0 Å². The van der Waals surface area contributed by atoms with Crippen LogP contribution in [-0.2, 0) is 19.6 Å². The lowest BCUT2D eigenvalue weighted by atomic mass is 10.1. The Morgan fingerprint density at radius 1 is 1.10 bits per heavy atom. The first-order valence-corrected chi connectivity index (χ1v) is 10.9. The van der Waals surface area contributed by atoms with Gasteiger partial charge in [0.25, 0.3) is 0 Å². The average molecular weight is 422 g/mol. The summed E-state index contributed by atoms with van der Waals surface area (Å²) in [5, 5.41) is 2.61. The molecule has 0 saturated heterocycles. The maximum absolute atomic E-state index is 13.3. The molecule has 1 amide bonds. The number of sulfonamides is 1. The molecule has 0 aliphatic heterocycles. The van der Waals surface area contributed by atoms with Crippen LogP contribution in [0.15, 0.2) is 48.5 Å². The van der Waals surface area contributed by atoms with E-state index in [-0.39, 0.29) is 30.0 Å². The fourth-order valence-corrected chi connectivity index (χ4v) is 4.06. The largest absolute Gasteiger partial charge is 0.462 e. The van der Waals surface area contributed by atoms with Crippen LogP contribution >= 0.6 is 0 Å². The highest BCUT2D eigenvalue weighted by molar-refractivity contribution is 7.92. The van der Waals surface area contributed by atoms with Gasteiger partial charge in [0.15, 0.2) is 0 Å². The molecule has 2 aromatic rings. The van der Waals surface area contributed by atoms with Gasteiger partial charge in [0, 0.05) is 0 Å². The SMILES string of the molecule is CCOC(=O)c1ccccc1NC(=O)C(CC)N(c1ccc(F)cc1)S(C)(=O)=O. The Kier molecular flexibility index (Phi) is 7.33. The van der Waals surface area contributed by atoms with Crippen molar-refractivity contribution in [2.75, 3.05) is 22.5 Å². The van der Waals surface area contributed by atoms with Crippen LogP contribution < -0.4 is 9.62 Å². The molecule has 2 aromatic carbocycles. The number of halogens is 1. The second-order valence-electron chi connectivity index (χ2n) is 6.21. The number of anilines is 2. The zero-order valence-electron chi connectivity index (χ0n) is 16.4. The Morgan fingerprint density at radius 2 is 1.72 bits per heavy atom. The van der Waals surface area contributed by atoms with Crippen molar-refractivity contribution in [2.24, 2.45) is 0 Å². The van der Waals surface area contributed by atoms with Crippen LogP contribution in [0, 0.1) is 5.82 Å². The molecule has 156 valence electrons. The molecule has 0 bridgehead atoms. The van der Waals surface area contributed by atoms with Gasteiger partial charge in [0.2, 0.25) is 15.9 Å². The molecule has 1 unspecified atom stereocenters. The number of hydrogen-bond acceptors (Lipinski definition) is 5. The third-order valence-corrected chi connectivity index (χ3v) is 5.27. The highest BCUT2D eigenvalue weighted by Crippen LogP contribution is 2.24. The van der Waals surface area contributed by atoms with Crippen molar-refractivity contribution in [1.29, 1.82) is 0 Å². The van der Waals surface area contributed by atoms with Crippen LogP contribution in [-0.4, -0.2) is 39.2 Å². The van der Waals surface area contributed by atoms with Crippen molar-refractivity contribution >= 4 is 33.3 Å². The minimum atomic E-state index is -3.86. The molecule has 0 aliphatic rings. The van der Waals surface area contributed by atoms with Crippen LogP contribution in [0.25, 0.3) is 0 Å². The van der Waals surface area contributed by atoms with E-state index in [9.17, 15) is 22.4 Å². The van der Waals surface area contributed by atoms with Crippen LogP contribution in [0.1, 0.15) is 30.6 Å². The van der Waals surface area contributed by atoms with Crippen molar-refractivity contribution in [2.45, 2.75) is 26.3 Å². The van der Waals surface area contributed by atoms with Crippen molar-refractivity contribution in [3.63, 3.8) is 0 Å². The normalized spacial score (nSPS) is 12.1. The van der Waals surface area contributed by atoms with E-state index in [4.69, 9.17) is 4.74 Å². The Hall–Kier alpha value is -2.94. The highest BCUT2D eigenvalue weighted by atomic mass is 32.2. The number of nitrogens with zero attached hydrogens (tertiary/aromatic N) is 1. The van der Waals surface area contributed by atoms with E-state index in [1.165, 1.54) is 24.3 Å². The molecule has 0 saturated carbocycles. The molecular formula is C20H23FN2O5S. The Morgan fingerprint density at radius 3 is 2.28 bits per heavy atom. The van der Waals surface area contributed by atoms with E-state index >= 15 is 0 Å². The third kappa shape index (κ3) is 5.54.